The fourth-order valence-electron chi connectivity index (χ4n) is 3.32. The summed E-state index contributed by atoms with van der Waals surface area (Å²) in [5, 5.41) is 6.47. The summed E-state index contributed by atoms with van der Waals surface area (Å²) in [6, 6.07) is 7.74. The van der Waals surface area contributed by atoms with Crippen LogP contribution >= 0.6 is 0 Å². The predicted octanol–water partition coefficient (Wildman–Crippen LogP) is 3.89. The number of aryl methyl sites for hydroxylation is 1. The highest BCUT2D eigenvalue weighted by molar-refractivity contribution is 6.07. The van der Waals surface area contributed by atoms with Gasteiger partial charge in [-0.2, -0.15) is 4.98 Å². The molecule has 0 saturated heterocycles. The molecule has 0 bridgehead atoms. The smallest absolute Gasteiger partial charge is 0.258 e. The molecule has 0 unspecified atom stereocenters. The quantitative estimate of drug-likeness (QED) is 0.674. The van der Waals surface area contributed by atoms with Gasteiger partial charge in [-0.05, 0) is 57.7 Å². The minimum atomic E-state index is -0.290. The predicted molar refractivity (Wildman–Crippen MR) is 117 cm³/mol. The van der Waals surface area contributed by atoms with Crippen molar-refractivity contribution in [3.63, 3.8) is 0 Å². The first kappa shape index (κ1) is 20.1. The number of rotatable bonds is 5. The number of nitrogens with one attached hydrogen (secondary N) is 2. The van der Waals surface area contributed by atoms with Crippen LogP contribution in [0.4, 0.5) is 5.95 Å². The van der Waals surface area contributed by atoms with Crippen LogP contribution in [0.1, 0.15) is 66.8 Å². The molecular weight excluding hydrogens is 378 g/mol. The molecule has 1 aliphatic carbocycles. The molecule has 1 aliphatic rings. The van der Waals surface area contributed by atoms with E-state index in [1.165, 1.54) is 5.56 Å². The molecule has 2 aromatic heterocycles. The number of aromatic nitrogens is 3. The number of carbonyl (C=O) groups excluding carboxylic acids is 2. The molecule has 7 nitrogen and oxygen atoms in total. The van der Waals surface area contributed by atoms with Crippen molar-refractivity contribution >= 4 is 28.8 Å². The van der Waals surface area contributed by atoms with Gasteiger partial charge in [0.1, 0.15) is 5.65 Å². The number of hydrogen-bond donors (Lipinski definition) is 2. The van der Waals surface area contributed by atoms with Crippen LogP contribution in [0, 0.1) is 0 Å². The SMILES string of the molecule is CCc1ccc(C(=O)Nc2ncc3c(C(=O)NC4CC4)cn(C(C)(C)C)c3n2)cc1. The molecule has 0 radical (unpaired) electrons. The Kier molecular flexibility index (Phi) is 5.05. The van der Waals surface area contributed by atoms with E-state index in [0.717, 1.165) is 19.3 Å². The monoisotopic (exact) mass is 405 g/mol. The van der Waals surface area contributed by atoms with E-state index in [2.05, 4.69) is 27.5 Å². The second-order valence-electron chi connectivity index (χ2n) is 8.77. The molecule has 4 rings (SSSR count). The lowest BCUT2D eigenvalue weighted by molar-refractivity contribution is 0.0951. The summed E-state index contributed by atoms with van der Waals surface area (Å²) in [6.45, 7) is 8.21. The average molecular weight is 406 g/mol. The lowest BCUT2D eigenvalue weighted by Gasteiger charge is -2.22. The molecule has 1 fully saturated rings. The Balaban J connectivity index is 1.66. The zero-order chi connectivity index (χ0) is 21.5. The highest BCUT2D eigenvalue weighted by Crippen LogP contribution is 2.28. The summed E-state index contributed by atoms with van der Waals surface area (Å²) >= 11 is 0. The van der Waals surface area contributed by atoms with Gasteiger partial charge in [-0.3, -0.25) is 14.9 Å². The minimum Gasteiger partial charge on any atom is -0.349 e. The van der Waals surface area contributed by atoms with Crippen molar-refractivity contribution in [1.82, 2.24) is 19.9 Å². The van der Waals surface area contributed by atoms with E-state index >= 15 is 0 Å². The molecular formula is C23H27N5O2. The van der Waals surface area contributed by atoms with E-state index in [4.69, 9.17) is 0 Å². The second-order valence-corrected chi connectivity index (χ2v) is 8.77. The maximum Gasteiger partial charge on any atom is 0.258 e. The number of hydrogen-bond acceptors (Lipinski definition) is 4. The summed E-state index contributed by atoms with van der Waals surface area (Å²) in [5.74, 6) is -0.163. The summed E-state index contributed by atoms with van der Waals surface area (Å²) in [6.07, 6.45) is 6.40. The van der Waals surface area contributed by atoms with Crippen LogP contribution in [-0.4, -0.2) is 32.4 Å². The fraction of sp³-hybridized carbons (Fsp3) is 0.391. The number of fused-ring (bicyclic) bond motifs is 1. The maximum absolute atomic E-state index is 12.7. The molecule has 7 heteroatoms. The normalized spacial score (nSPS) is 14.0. The van der Waals surface area contributed by atoms with E-state index in [1.54, 1.807) is 18.3 Å². The summed E-state index contributed by atoms with van der Waals surface area (Å²) < 4.78 is 1.96. The van der Waals surface area contributed by atoms with E-state index < -0.39 is 0 Å². The Morgan fingerprint density at radius 3 is 2.43 bits per heavy atom. The maximum atomic E-state index is 12.7. The van der Waals surface area contributed by atoms with E-state index in [1.807, 2.05) is 43.7 Å². The van der Waals surface area contributed by atoms with Crippen LogP contribution in [-0.2, 0) is 12.0 Å². The van der Waals surface area contributed by atoms with E-state index in [9.17, 15) is 9.59 Å². The molecule has 0 atom stereocenters. The Morgan fingerprint density at radius 2 is 1.83 bits per heavy atom. The lowest BCUT2D eigenvalue weighted by Crippen LogP contribution is -2.25. The number of nitrogens with zero attached hydrogens (tertiary/aromatic N) is 3. The third-order valence-corrected chi connectivity index (χ3v) is 5.27. The number of carbonyl (C=O) groups is 2. The van der Waals surface area contributed by atoms with Gasteiger partial charge in [0.25, 0.3) is 11.8 Å². The zero-order valence-electron chi connectivity index (χ0n) is 17.8. The van der Waals surface area contributed by atoms with Crippen molar-refractivity contribution in [3.05, 3.63) is 53.3 Å². The molecule has 2 amide bonds. The average Bonchev–Trinajstić information content (AvgIpc) is 3.43. The topological polar surface area (TPSA) is 88.9 Å². The third-order valence-electron chi connectivity index (χ3n) is 5.27. The summed E-state index contributed by atoms with van der Waals surface area (Å²) in [7, 11) is 0. The van der Waals surface area contributed by atoms with Crippen LogP contribution in [0.5, 0.6) is 0 Å². The van der Waals surface area contributed by atoms with Crippen molar-refractivity contribution in [3.8, 4) is 0 Å². The highest BCUT2D eigenvalue weighted by Gasteiger charge is 2.28. The third kappa shape index (κ3) is 4.06. The first-order valence-corrected chi connectivity index (χ1v) is 10.4. The van der Waals surface area contributed by atoms with Gasteiger partial charge >= 0.3 is 0 Å². The van der Waals surface area contributed by atoms with Crippen molar-refractivity contribution in [1.29, 1.82) is 0 Å². The lowest BCUT2D eigenvalue weighted by atomic mass is 10.1. The van der Waals surface area contributed by atoms with Crippen LogP contribution < -0.4 is 10.6 Å². The Bertz CT molecular complexity index is 1110. The van der Waals surface area contributed by atoms with Gasteiger partial charge in [0.05, 0.1) is 10.9 Å². The van der Waals surface area contributed by atoms with Gasteiger partial charge in [0, 0.05) is 29.5 Å². The van der Waals surface area contributed by atoms with Crippen LogP contribution in [0.15, 0.2) is 36.7 Å². The van der Waals surface area contributed by atoms with Crippen LogP contribution in [0.2, 0.25) is 0 Å². The fourth-order valence-corrected chi connectivity index (χ4v) is 3.32. The van der Waals surface area contributed by atoms with Gasteiger partial charge in [-0.15, -0.1) is 0 Å². The van der Waals surface area contributed by atoms with Crippen molar-refractivity contribution in [2.24, 2.45) is 0 Å². The largest absolute Gasteiger partial charge is 0.349 e. The molecule has 3 aromatic rings. The Morgan fingerprint density at radius 1 is 1.13 bits per heavy atom. The molecule has 0 aliphatic heterocycles. The zero-order valence-corrected chi connectivity index (χ0v) is 17.8. The van der Waals surface area contributed by atoms with E-state index in [0.29, 0.717) is 22.2 Å². The van der Waals surface area contributed by atoms with Crippen LogP contribution in [0.25, 0.3) is 11.0 Å². The van der Waals surface area contributed by atoms with E-state index in [-0.39, 0.29) is 29.3 Å². The molecule has 2 heterocycles. The van der Waals surface area contributed by atoms with Gasteiger partial charge in [0.2, 0.25) is 5.95 Å². The Hall–Kier alpha value is -3.22. The molecule has 2 N–H and O–H groups in total. The number of benzene rings is 1. The van der Waals surface area contributed by atoms with Crippen molar-refractivity contribution in [2.45, 2.75) is 58.5 Å². The first-order valence-electron chi connectivity index (χ1n) is 10.4. The van der Waals surface area contributed by atoms with Crippen molar-refractivity contribution < 1.29 is 9.59 Å². The van der Waals surface area contributed by atoms with Crippen molar-refractivity contribution in [2.75, 3.05) is 5.32 Å². The molecule has 1 saturated carbocycles. The van der Waals surface area contributed by atoms with Gasteiger partial charge in [0.15, 0.2) is 0 Å². The second kappa shape index (κ2) is 7.55. The highest BCUT2D eigenvalue weighted by atomic mass is 16.2. The first-order chi connectivity index (χ1) is 14.3. The minimum absolute atomic E-state index is 0.109. The van der Waals surface area contributed by atoms with Gasteiger partial charge in [-0.1, -0.05) is 19.1 Å². The van der Waals surface area contributed by atoms with Gasteiger partial charge < -0.3 is 9.88 Å². The number of anilines is 1. The van der Waals surface area contributed by atoms with Crippen LogP contribution in [0.3, 0.4) is 0 Å². The molecule has 30 heavy (non-hydrogen) atoms. The van der Waals surface area contributed by atoms with Gasteiger partial charge in [-0.25, -0.2) is 4.98 Å². The number of amides is 2. The molecule has 1 aromatic carbocycles. The Labute approximate surface area is 175 Å². The molecule has 0 spiro atoms. The summed E-state index contributed by atoms with van der Waals surface area (Å²) in [5.41, 5.74) is 2.60. The standard InChI is InChI=1S/C23H27N5O2/c1-5-14-6-8-15(9-7-14)20(29)27-22-24-12-17-18(21(30)25-16-10-11-16)13-28(19(17)26-22)23(2,3)4/h6-9,12-13,16H,5,10-11H2,1-4H3,(H,25,30)(H,24,26,27,29). The summed E-state index contributed by atoms with van der Waals surface area (Å²) in [4.78, 5) is 34.2. The molecule has 156 valence electrons.